The molecule has 14 heavy (non-hydrogen) atoms. The summed E-state index contributed by atoms with van der Waals surface area (Å²) < 4.78 is 1.54. The van der Waals surface area contributed by atoms with Crippen molar-refractivity contribution in [2.24, 2.45) is 5.84 Å². The molecule has 1 aromatic rings. The molecule has 5 heteroatoms. The highest BCUT2D eigenvalue weighted by molar-refractivity contribution is 5.93. The highest BCUT2D eigenvalue weighted by atomic mass is 16.2. The first kappa shape index (κ1) is 10.5. The van der Waals surface area contributed by atoms with E-state index in [-0.39, 0.29) is 17.2 Å². The Morgan fingerprint density at radius 2 is 2.21 bits per heavy atom. The van der Waals surface area contributed by atoms with Crippen molar-refractivity contribution in [3.05, 3.63) is 34.2 Å². The molecule has 3 N–H and O–H groups in total. The number of carbonyl (C=O) groups excluding carboxylic acids is 1. The predicted molar refractivity (Wildman–Crippen MR) is 52.7 cm³/mol. The van der Waals surface area contributed by atoms with Crippen LogP contribution in [0.2, 0.25) is 0 Å². The van der Waals surface area contributed by atoms with Crippen LogP contribution >= 0.6 is 0 Å². The van der Waals surface area contributed by atoms with Gasteiger partial charge in [0.05, 0.1) is 0 Å². The Morgan fingerprint density at radius 1 is 1.57 bits per heavy atom. The van der Waals surface area contributed by atoms with Crippen molar-refractivity contribution in [3.63, 3.8) is 0 Å². The first-order valence-electron chi connectivity index (χ1n) is 4.29. The Kier molecular flexibility index (Phi) is 3.03. The molecule has 0 unspecified atom stereocenters. The van der Waals surface area contributed by atoms with E-state index in [0.717, 1.165) is 0 Å². The fraction of sp³-hybridized carbons (Fsp3) is 0.333. The molecule has 0 saturated heterocycles. The number of nitrogens with zero attached hydrogens (tertiary/aromatic N) is 1. The highest BCUT2D eigenvalue weighted by Gasteiger charge is 2.06. The fourth-order valence-corrected chi connectivity index (χ4v) is 1.14. The van der Waals surface area contributed by atoms with Gasteiger partial charge in [0.15, 0.2) is 0 Å². The minimum atomic E-state index is -0.460. The molecule has 0 bridgehead atoms. The van der Waals surface area contributed by atoms with Gasteiger partial charge in [-0.15, -0.1) is 0 Å². The van der Waals surface area contributed by atoms with Gasteiger partial charge in [0.1, 0.15) is 0 Å². The molecule has 5 nitrogen and oxygen atoms in total. The second-order valence-electron chi connectivity index (χ2n) is 3.23. The second kappa shape index (κ2) is 4.06. The molecule has 1 rings (SSSR count). The summed E-state index contributed by atoms with van der Waals surface area (Å²) in [6.45, 7) is 3.79. The first-order valence-corrected chi connectivity index (χ1v) is 4.29. The third-order valence-electron chi connectivity index (χ3n) is 1.90. The van der Waals surface area contributed by atoms with Crippen molar-refractivity contribution >= 4 is 5.91 Å². The molecule has 76 valence electrons. The van der Waals surface area contributed by atoms with E-state index in [9.17, 15) is 9.59 Å². The van der Waals surface area contributed by atoms with Crippen molar-refractivity contribution in [1.29, 1.82) is 0 Å². The number of aromatic nitrogens is 1. The number of nitrogens with one attached hydrogen (secondary N) is 1. The highest BCUT2D eigenvalue weighted by Crippen LogP contribution is 2.01. The first-order chi connectivity index (χ1) is 6.56. The van der Waals surface area contributed by atoms with E-state index in [1.165, 1.54) is 10.6 Å². The van der Waals surface area contributed by atoms with Crippen LogP contribution in [-0.2, 0) is 0 Å². The zero-order valence-electron chi connectivity index (χ0n) is 8.15. The molecule has 0 aromatic carbocycles. The topological polar surface area (TPSA) is 77.1 Å². The largest absolute Gasteiger partial charge is 0.313 e. The molecule has 0 radical (unpaired) electrons. The van der Waals surface area contributed by atoms with Crippen LogP contribution in [0.5, 0.6) is 0 Å². The summed E-state index contributed by atoms with van der Waals surface area (Å²) in [5.41, 5.74) is 2.04. The van der Waals surface area contributed by atoms with Crippen LogP contribution < -0.4 is 16.8 Å². The summed E-state index contributed by atoms with van der Waals surface area (Å²) in [6, 6.07) is 2.91. The number of rotatable bonds is 2. The van der Waals surface area contributed by atoms with Gasteiger partial charge in [-0.2, -0.15) is 0 Å². The van der Waals surface area contributed by atoms with Crippen LogP contribution in [0.4, 0.5) is 0 Å². The summed E-state index contributed by atoms with van der Waals surface area (Å²) in [4.78, 5) is 22.5. The predicted octanol–water partition coefficient (Wildman–Crippen LogP) is 0.0327. The molecule has 0 aliphatic heterocycles. The van der Waals surface area contributed by atoms with E-state index in [4.69, 9.17) is 5.84 Å². The smallest absolute Gasteiger partial charge is 0.265 e. The molecule has 1 amide bonds. The number of nitrogen functional groups attached to an aromatic ring is 1. The van der Waals surface area contributed by atoms with Crippen LogP contribution in [0.1, 0.15) is 30.2 Å². The maximum absolute atomic E-state index is 11.4. The van der Waals surface area contributed by atoms with Crippen LogP contribution in [0, 0.1) is 0 Å². The third kappa shape index (κ3) is 2.00. The van der Waals surface area contributed by atoms with Gasteiger partial charge in [0.2, 0.25) is 0 Å². The lowest BCUT2D eigenvalue weighted by molar-refractivity contribution is 0.0953. The van der Waals surface area contributed by atoms with E-state index in [0.29, 0.717) is 0 Å². The lowest BCUT2D eigenvalue weighted by atomic mass is 10.2. The lowest BCUT2D eigenvalue weighted by Gasteiger charge is -2.09. The quantitative estimate of drug-likeness (QED) is 0.397. The van der Waals surface area contributed by atoms with Crippen LogP contribution in [0.15, 0.2) is 23.1 Å². The minimum absolute atomic E-state index is 0.0810. The van der Waals surface area contributed by atoms with Crippen LogP contribution in [0.3, 0.4) is 0 Å². The van der Waals surface area contributed by atoms with Crippen LogP contribution in [0.25, 0.3) is 0 Å². The van der Waals surface area contributed by atoms with E-state index in [2.05, 4.69) is 0 Å². The molecule has 0 fully saturated rings. The zero-order chi connectivity index (χ0) is 10.7. The Hall–Kier alpha value is -1.62. The van der Waals surface area contributed by atoms with E-state index < -0.39 is 5.91 Å². The molecule has 0 aliphatic carbocycles. The van der Waals surface area contributed by atoms with Crippen molar-refractivity contribution in [2.75, 3.05) is 0 Å². The number of hydrogen-bond acceptors (Lipinski definition) is 3. The van der Waals surface area contributed by atoms with Crippen LogP contribution in [-0.4, -0.2) is 10.5 Å². The van der Waals surface area contributed by atoms with Crippen molar-refractivity contribution in [1.82, 2.24) is 9.99 Å². The molecule has 1 heterocycles. The van der Waals surface area contributed by atoms with Gasteiger partial charge < -0.3 is 4.57 Å². The minimum Gasteiger partial charge on any atom is -0.313 e. The van der Waals surface area contributed by atoms with E-state index >= 15 is 0 Å². The standard InChI is InChI=1S/C9H13N3O2/c1-6(2)12-4-3-7(5-8(12)13)9(14)11-10/h3-6H,10H2,1-2H3,(H,11,14). The average Bonchev–Trinajstić information content (AvgIpc) is 2.15. The Labute approximate surface area is 81.5 Å². The molecule has 0 atom stereocenters. The lowest BCUT2D eigenvalue weighted by Crippen LogP contribution is -2.31. The third-order valence-corrected chi connectivity index (χ3v) is 1.90. The molecule has 0 spiro atoms. The van der Waals surface area contributed by atoms with Gasteiger partial charge in [0.25, 0.3) is 11.5 Å². The van der Waals surface area contributed by atoms with Gasteiger partial charge >= 0.3 is 0 Å². The Bertz CT molecular complexity index is 395. The van der Waals surface area contributed by atoms with E-state index in [1.54, 1.807) is 12.3 Å². The van der Waals surface area contributed by atoms with Crippen molar-refractivity contribution in [2.45, 2.75) is 19.9 Å². The Morgan fingerprint density at radius 3 is 2.64 bits per heavy atom. The maximum Gasteiger partial charge on any atom is 0.265 e. The molecular weight excluding hydrogens is 182 g/mol. The number of nitrogens with two attached hydrogens (primary N) is 1. The normalized spacial score (nSPS) is 10.3. The summed E-state index contributed by atoms with van der Waals surface area (Å²) in [6.07, 6.45) is 1.58. The van der Waals surface area contributed by atoms with Gasteiger partial charge in [-0.25, -0.2) is 5.84 Å². The van der Waals surface area contributed by atoms with Gasteiger partial charge in [-0.1, -0.05) is 0 Å². The number of pyridine rings is 1. The Balaban J connectivity index is 3.13. The van der Waals surface area contributed by atoms with Crippen molar-refractivity contribution < 1.29 is 4.79 Å². The summed E-state index contributed by atoms with van der Waals surface area (Å²) in [7, 11) is 0. The zero-order valence-corrected chi connectivity index (χ0v) is 8.15. The number of amides is 1. The number of hydrazine groups is 1. The summed E-state index contributed by atoms with van der Waals surface area (Å²) >= 11 is 0. The van der Waals surface area contributed by atoms with E-state index in [1.807, 2.05) is 19.3 Å². The SMILES string of the molecule is CC(C)n1ccc(C(=O)NN)cc1=O. The molecule has 1 aromatic heterocycles. The molecular formula is C9H13N3O2. The maximum atomic E-state index is 11.4. The number of hydrogen-bond donors (Lipinski definition) is 2. The second-order valence-corrected chi connectivity index (χ2v) is 3.23. The fourth-order valence-electron chi connectivity index (χ4n) is 1.14. The van der Waals surface area contributed by atoms with Gasteiger partial charge in [0, 0.05) is 23.9 Å². The number of carbonyl (C=O) groups is 1. The molecule has 0 aliphatic rings. The monoisotopic (exact) mass is 195 g/mol. The summed E-state index contributed by atoms with van der Waals surface area (Å²) in [5.74, 6) is 4.48. The van der Waals surface area contributed by atoms with Gasteiger partial charge in [-0.3, -0.25) is 15.0 Å². The summed E-state index contributed by atoms with van der Waals surface area (Å²) in [5, 5.41) is 0. The average molecular weight is 195 g/mol. The molecule has 0 saturated carbocycles. The van der Waals surface area contributed by atoms with Crippen molar-refractivity contribution in [3.8, 4) is 0 Å². The van der Waals surface area contributed by atoms with Gasteiger partial charge in [-0.05, 0) is 19.9 Å².